The average molecular weight is 623 g/mol. The van der Waals surface area contributed by atoms with Gasteiger partial charge < -0.3 is 10.2 Å². The van der Waals surface area contributed by atoms with E-state index >= 15 is 0 Å². The van der Waals surface area contributed by atoms with Crippen molar-refractivity contribution in [3.8, 4) is 0 Å². The van der Waals surface area contributed by atoms with Crippen molar-refractivity contribution in [2.75, 3.05) is 30.0 Å². The molecule has 39 heavy (non-hydrogen) atoms. The number of thiazole rings is 1. The van der Waals surface area contributed by atoms with Gasteiger partial charge in [-0.2, -0.15) is 0 Å². The smallest absolute Gasteiger partial charge is 0.147 e. The molecule has 3 aliphatic rings. The summed E-state index contributed by atoms with van der Waals surface area (Å²) >= 11 is 16.1. The molecule has 2 atom stereocenters. The van der Waals surface area contributed by atoms with E-state index in [1.807, 2.05) is 44.6 Å². The van der Waals surface area contributed by atoms with Crippen LogP contribution in [0.4, 0.5) is 11.5 Å². The zero-order chi connectivity index (χ0) is 27.4. The number of aromatic nitrogens is 3. The summed E-state index contributed by atoms with van der Waals surface area (Å²) < 4.78 is 16.2. The van der Waals surface area contributed by atoms with Crippen LogP contribution in [0.3, 0.4) is 0 Å². The summed E-state index contributed by atoms with van der Waals surface area (Å²) in [6, 6.07) is 3.92. The molecule has 2 aliphatic heterocycles. The van der Waals surface area contributed by atoms with Gasteiger partial charge in [-0.3, -0.25) is 4.99 Å². The number of aliphatic imine (C=N–C) groups is 1. The first-order valence-corrected chi connectivity index (χ1v) is 16.4. The standard InChI is InChI=1S/C26H29Cl2N7OS3/c1-25(2,3)39(36)34-23-22-17(37-14-33-22)10-26(23)6-8-35(9-7-26)18-11-30-19(12-29-18)38-16-5-4-15-20(21(16)27)24(28)32-13-31-15/h4-5,11-12,14,23,31,34H,6-10,13H2,1-3H3/t23-,39-/m0/s1. The Morgan fingerprint density at radius 1 is 1.18 bits per heavy atom. The molecular formula is C26H29Cl2N7OS3. The van der Waals surface area contributed by atoms with Crippen LogP contribution < -0.4 is 14.9 Å². The molecular weight excluding hydrogens is 593 g/mol. The van der Waals surface area contributed by atoms with Gasteiger partial charge in [0.05, 0.1) is 56.0 Å². The quantitative estimate of drug-likeness (QED) is 0.358. The molecule has 3 aromatic rings. The summed E-state index contributed by atoms with van der Waals surface area (Å²) in [6.07, 6.45) is 6.54. The fourth-order valence-corrected chi connectivity index (χ4v) is 8.69. The summed E-state index contributed by atoms with van der Waals surface area (Å²) in [5, 5.41) is 4.91. The molecule has 0 saturated carbocycles. The predicted molar refractivity (Wildman–Crippen MR) is 162 cm³/mol. The zero-order valence-corrected chi connectivity index (χ0v) is 25.8. The Kier molecular flexibility index (Phi) is 7.43. The monoisotopic (exact) mass is 621 g/mol. The number of benzene rings is 1. The molecule has 0 unspecified atom stereocenters. The first-order chi connectivity index (χ1) is 18.6. The van der Waals surface area contributed by atoms with Gasteiger partial charge in [-0.1, -0.05) is 35.0 Å². The van der Waals surface area contributed by atoms with E-state index in [1.54, 1.807) is 17.5 Å². The van der Waals surface area contributed by atoms with Crippen molar-refractivity contribution in [3.05, 3.63) is 51.2 Å². The lowest BCUT2D eigenvalue weighted by molar-refractivity contribution is 0.176. The molecule has 0 radical (unpaired) electrons. The van der Waals surface area contributed by atoms with Crippen LogP contribution >= 0.6 is 46.3 Å². The molecule has 1 spiro atoms. The van der Waals surface area contributed by atoms with Crippen molar-refractivity contribution < 1.29 is 4.21 Å². The van der Waals surface area contributed by atoms with Gasteiger partial charge in [0.1, 0.15) is 22.7 Å². The van der Waals surface area contributed by atoms with Crippen LogP contribution in [0.15, 0.2) is 45.0 Å². The molecule has 1 aromatic carbocycles. The Morgan fingerprint density at radius 3 is 2.69 bits per heavy atom. The molecule has 2 aromatic heterocycles. The highest BCUT2D eigenvalue weighted by molar-refractivity contribution is 7.99. The van der Waals surface area contributed by atoms with Crippen LogP contribution in [-0.2, 0) is 17.4 Å². The van der Waals surface area contributed by atoms with Gasteiger partial charge in [0, 0.05) is 34.0 Å². The Morgan fingerprint density at radius 2 is 1.97 bits per heavy atom. The first kappa shape index (κ1) is 27.4. The van der Waals surface area contributed by atoms with Gasteiger partial charge in [-0.15, -0.1) is 11.3 Å². The minimum atomic E-state index is -1.17. The maximum Gasteiger partial charge on any atom is 0.147 e. The van der Waals surface area contributed by atoms with E-state index in [9.17, 15) is 4.21 Å². The Balaban J connectivity index is 1.14. The number of hydrogen-bond donors (Lipinski definition) is 2. The van der Waals surface area contributed by atoms with Crippen LogP contribution in [0.1, 0.15) is 55.8 Å². The molecule has 1 fully saturated rings. The lowest BCUT2D eigenvalue weighted by atomic mass is 9.73. The van der Waals surface area contributed by atoms with Crippen molar-refractivity contribution in [2.45, 2.75) is 60.7 Å². The van der Waals surface area contributed by atoms with Gasteiger partial charge >= 0.3 is 0 Å². The maximum atomic E-state index is 13.1. The normalized spacial score (nSPS) is 20.8. The number of rotatable bonds is 5. The summed E-state index contributed by atoms with van der Waals surface area (Å²) in [5.74, 6) is 0.860. The van der Waals surface area contributed by atoms with E-state index in [4.69, 9.17) is 28.2 Å². The van der Waals surface area contributed by atoms with Crippen molar-refractivity contribution in [2.24, 2.45) is 10.4 Å². The third kappa shape index (κ3) is 5.22. The molecule has 1 aliphatic carbocycles. The largest absolute Gasteiger partial charge is 0.366 e. The van der Waals surface area contributed by atoms with Crippen molar-refractivity contribution in [3.63, 3.8) is 0 Å². The minimum Gasteiger partial charge on any atom is -0.366 e. The molecule has 206 valence electrons. The summed E-state index contributed by atoms with van der Waals surface area (Å²) in [4.78, 5) is 22.8. The third-order valence-corrected chi connectivity index (χ3v) is 11.8. The molecule has 8 nitrogen and oxygen atoms in total. The molecule has 4 heterocycles. The molecule has 13 heteroatoms. The summed E-state index contributed by atoms with van der Waals surface area (Å²) in [6.45, 7) is 8.17. The van der Waals surface area contributed by atoms with E-state index in [2.05, 4.69) is 29.9 Å². The lowest BCUT2D eigenvalue weighted by Gasteiger charge is -2.43. The SMILES string of the molecule is CC(C)(C)[S@](=O)N[C@H]1c2ncsc2CC12CCN(c1cnc(Sc3ccc4c(c3Cl)C(Cl)=NCN4)cn1)CC2. The first-order valence-electron chi connectivity index (χ1n) is 12.8. The second kappa shape index (κ2) is 10.6. The van der Waals surface area contributed by atoms with Gasteiger partial charge in [0.2, 0.25) is 0 Å². The Hall–Kier alpha value is -1.76. The van der Waals surface area contributed by atoms with Crippen LogP contribution in [-0.4, -0.2) is 48.8 Å². The van der Waals surface area contributed by atoms with Crippen LogP contribution in [0, 0.1) is 5.41 Å². The van der Waals surface area contributed by atoms with E-state index < -0.39 is 11.0 Å². The van der Waals surface area contributed by atoms with Gasteiger partial charge in [0.15, 0.2) is 0 Å². The second-order valence-electron chi connectivity index (χ2n) is 11.0. The number of fused-ring (bicyclic) bond motifs is 2. The lowest BCUT2D eigenvalue weighted by Crippen LogP contribution is -2.48. The summed E-state index contributed by atoms with van der Waals surface area (Å²) in [7, 11) is -1.17. The number of halogens is 2. The van der Waals surface area contributed by atoms with E-state index in [-0.39, 0.29) is 16.2 Å². The second-order valence-corrected chi connectivity index (χ2v) is 15.8. The minimum absolute atomic E-state index is 0.000864. The highest BCUT2D eigenvalue weighted by Gasteiger charge is 2.50. The van der Waals surface area contributed by atoms with Crippen LogP contribution in [0.5, 0.6) is 0 Å². The fourth-order valence-electron chi connectivity index (χ4n) is 5.37. The fraction of sp³-hybridized carbons (Fsp3) is 0.462. The highest BCUT2D eigenvalue weighted by atomic mass is 35.5. The molecule has 1 saturated heterocycles. The van der Waals surface area contributed by atoms with Crippen molar-refractivity contribution >= 4 is 74.0 Å². The topological polar surface area (TPSA) is 95.4 Å². The Labute approximate surface area is 249 Å². The molecule has 0 amide bonds. The molecule has 0 bridgehead atoms. The maximum absolute atomic E-state index is 13.1. The van der Waals surface area contributed by atoms with Crippen LogP contribution in [0.2, 0.25) is 5.02 Å². The Bertz CT molecular complexity index is 1450. The van der Waals surface area contributed by atoms with Crippen molar-refractivity contribution in [1.82, 2.24) is 19.7 Å². The number of anilines is 2. The van der Waals surface area contributed by atoms with E-state index in [0.717, 1.165) is 65.0 Å². The van der Waals surface area contributed by atoms with E-state index in [0.29, 0.717) is 16.9 Å². The van der Waals surface area contributed by atoms with E-state index in [1.165, 1.54) is 16.6 Å². The molecule has 6 rings (SSSR count). The number of nitrogens with one attached hydrogen (secondary N) is 2. The summed E-state index contributed by atoms with van der Waals surface area (Å²) in [5.41, 5.74) is 4.60. The number of piperidine rings is 1. The van der Waals surface area contributed by atoms with Gasteiger partial charge in [-0.05, 0) is 52.2 Å². The predicted octanol–water partition coefficient (Wildman–Crippen LogP) is 6.04. The number of nitrogens with zero attached hydrogens (tertiary/aromatic N) is 5. The van der Waals surface area contributed by atoms with Gasteiger partial charge in [-0.25, -0.2) is 23.9 Å². The van der Waals surface area contributed by atoms with Gasteiger partial charge in [0.25, 0.3) is 0 Å². The number of hydrogen-bond acceptors (Lipinski definition) is 9. The molecule has 2 N–H and O–H groups in total. The highest BCUT2D eigenvalue weighted by Crippen LogP contribution is 2.53. The van der Waals surface area contributed by atoms with Crippen molar-refractivity contribution in [1.29, 1.82) is 0 Å². The van der Waals surface area contributed by atoms with Crippen LogP contribution in [0.25, 0.3) is 0 Å². The zero-order valence-electron chi connectivity index (χ0n) is 21.8. The average Bonchev–Trinajstić information content (AvgIpc) is 3.46. The third-order valence-electron chi connectivity index (χ3n) is 7.56.